The Morgan fingerprint density at radius 3 is 2.57 bits per heavy atom. The molecule has 0 fully saturated rings. The summed E-state index contributed by atoms with van der Waals surface area (Å²) in [6.07, 6.45) is 1.63. The third-order valence-corrected chi connectivity index (χ3v) is 3.60. The summed E-state index contributed by atoms with van der Waals surface area (Å²) < 4.78 is 11.9. The number of rotatable bonds is 8. The first-order chi connectivity index (χ1) is 10.3. The number of hydrogen-bond donors (Lipinski definition) is 0. The molecule has 3 nitrogen and oxygen atoms in total. The topological polar surface area (TPSA) is 35.5 Å². The third kappa shape index (κ3) is 5.33. The fourth-order valence-corrected chi connectivity index (χ4v) is 2.26. The summed E-state index contributed by atoms with van der Waals surface area (Å²) in [5.41, 5.74) is 1.79. The van der Waals surface area contributed by atoms with E-state index in [1.165, 1.54) is 5.56 Å². The summed E-state index contributed by atoms with van der Waals surface area (Å²) in [5, 5.41) is 0. The van der Waals surface area contributed by atoms with Crippen molar-refractivity contribution in [1.82, 2.24) is 0 Å². The van der Waals surface area contributed by atoms with E-state index in [1.807, 2.05) is 30.3 Å². The van der Waals surface area contributed by atoms with Gasteiger partial charge < -0.3 is 9.47 Å². The smallest absolute Gasteiger partial charge is 0.151 e. The lowest BCUT2D eigenvalue weighted by atomic mass is 10.2. The van der Waals surface area contributed by atoms with E-state index in [2.05, 4.69) is 15.9 Å². The van der Waals surface area contributed by atoms with Gasteiger partial charge in [0.25, 0.3) is 0 Å². The van der Waals surface area contributed by atoms with Crippen LogP contribution in [0.25, 0.3) is 0 Å². The molecule has 0 aliphatic rings. The molecule has 0 unspecified atom stereocenters. The molecule has 2 rings (SSSR count). The van der Waals surface area contributed by atoms with Gasteiger partial charge in [-0.2, -0.15) is 0 Å². The quantitative estimate of drug-likeness (QED) is 0.528. The normalized spacial score (nSPS) is 10.3. The molecule has 0 N–H and O–H groups in total. The minimum absolute atomic E-state index is 0.585. The summed E-state index contributed by atoms with van der Waals surface area (Å²) in [4.78, 5) is 10.7. The molecule has 4 heteroatoms. The molecule has 0 radical (unpaired) electrons. The largest absolute Gasteiger partial charge is 0.493 e. The Morgan fingerprint density at radius 1 is 1.05 bits per heavy atom. The lowest BCUT2D eigenvalue weighted by Gasteiger charge is -2.08. The van der Waals surface area contributed by atoms with E-state index < -0.39 is 0 Å². The average molecular weight is 349 g/mol. The van der Waals surface area contributed by atoms with Crippen LogP contribution in [0.3, 0.4) is 0 Å². The second-order valence-corrected chi connectivity index (χ2v) is 5.40. The zero-order valence-electron chi connectivity index (χ0n) is 11.6. The molecule has 21 heavy (non-hydrogen) atoms. The van der Waals surface area contributed by atoms with Gasteiger partial charge in [-0.3, -0.25) is 4.79 Å². The van der Waals surface area contributed by atoms with E-state index in [0.29, 0.717) is 25.4 Å². The van der Waals surface area contributed by atoms with Gasteiger partial charge in [-0.25, -0.2) is 0 Å². The predicted molar refractivity (Wildman–Crippen MR) is 85.7 cm³/mol. The van der Waals surface area contributed by atoms with Crippen LogP contribution in [0.5, 0.6) is 5.75 Å². The molecule has 110 valence electrons. The van der Waals surface area contributed by atoms with E-state index >= 15 is 0 Å². The maximum absolute atomic E-state index is 10.7. The van der Waals surface area contributed by atoms with Gasteiger partial charge >= 0.3 is 0 Å². The van der Waals surface area contributed by atoms with Crippen LogP contribution in [-0.4, -0.2) is 19.5 Å². The molecule has 0 aromatic heterocycles. The average Bonchev–Trinajstić information content (AvgIpc) is 2.52. The molecular formula is C17H17BrO3. The van der Waals surface area contributed by atoms with Gasteiger partial charge in [-0.05, 0) is 39.7 Å². The Hall–Kier alpha value is -1.65. The summed E-state index contributed by atoms with van der Waals surface area (Å²) in [5.74, 6) is 0.746. The second-order valence-electron chi connectivity index (χ2n) is 4.54. The van der Waals surface area contributed by atoms with E-state index in [1.54, 1.807) is 18.2 Å². The molecule has 2 aromatic carbocycles. The van der Waals surface area contributed by atoms with Gasteiger partial charge in [0.2, 0.25) is 0 Å². The van der Waals surface area contributed by atoms with Gasteiger partial charge in [0.15, 0.2) is 6.29 Å². The van der Waals surface area contributed by atoms with Crippen molar-refractivity contribution in [3.63, 3.8) is 0 Å². The molecule has 0 amide bonds. The van der Waals surface area contributed by atoms with Crippen LogP contribution in [0.2, 0.25) is 0 Å². The van der Waals surface area contributed by atoms with Crippen molar-refractivity contribution in [2.45, 2.75) is 13.0 Å². The molecule has 0 heterocycles. The Balaban J connectivity index is 1.63. The molecule has 0 bridgehead atoms. The number of aldehydes is 1. The van der Waals surface area contributed by atoms with Crippen molar-refractivity contribution < 1.29 is 14.3 Å². The van der Waals surface area contributed by atoms with E-state index in [-0.39, 0.29) is 0 Å². The van der Waals surface area contributed by atoms with Gasteiger partial charge in [0.1, 0.15) is 5.75 Å². The fraction of sp³-hybridized carbons (Fsp3) is 0.235. The highest BCUT2D eigenvalue weighted by atomic mass is 79.9. The number of halogens is 1. The Kier molecular flexibility index (Phi) is 6.44. The minimum Gasteiger partial charge on any atom is -0.493 e. The van der Waals surface area contributed by atoms with Crippen molar-refractivity contribution >= 4 is 22.2 Å². The zero-order chi connectivity index (χ0) is 14.9. The maximum atomic E-state index is 10.7. The minimum atomic E-state index is 0.585. The first-order valence-corrected chi connectivity index (χ1v) is 7.58. The number of carbonyl (C=O) groups is 1. The van der Waals surface area contributed by atoms with Gasteiger partial charge in [0.05, 0.1) is 19.8 Å². The number of benzene rings is 2. The van der Waals surface area contributed by atoms with E-state index in [9.17, 15) is 4.79 Å². The van der Waals surface area contributed by atoms with Crippen LogP contribution in [0.4, 0.5) is 0 Å². The molecule has 0 saturated carbocycles. The molecule has 0 spiro atoms. The molecule has 0 atom stereocenters. The number of ether oxygens (including phenoxy) is 2. The Morgan fingerprint density at radius 2 is 1.86 bits per heavy atom. The SMILES string of the molecule is O=Cc1ccc(OCCCOCc2ccccc2)cc1Br. The Labute approximate surface area is 133 Å². The first kappa shape index (κ1) is 15.7. The standard InChI is InChI=1S/C17H17BrO3/c18-17-11-16(8-7-15(17)12-19)21-10-4-9-20-13-14-5-2-1-3-6-14/h1-3,5-8,11-12H,4,9-10,13H2. The molecule has 0 aliphatic carbocycles. The molecule has 0 aliphatic heterocycles. The third-order valence-electron chi connectivity index (χ3n) is 2.91. The highest BCUT2D eigenvalue weighted by Gasteiger charge is 2.01. The van der Waals surface area contributed by atoms with Crippen LogP contribution in [0.1, 0.15) is 22.3 Å². The van der Waals surface area contributed by atoms with Crippen LogP contribution < -0.4 is 4.74 Å². The zero-order valence-corrected chi connectivity index (χ0v) is 13.2. The highest BCUT2D eigenvalue weighted by molar-refractivity contribution is 9.10. The summed E-state index contributed by atoms with van der Waals surface area (Å²) in [7, 11) is 0. The van der Waals surface area contributed by atoms with Crippen LogP contribution in [-0.2, 0) is 11.3 Å². The van der Waals surface area contributed by atoms with Crippen molar-refractivity contribution in [2.75, 3.05) is 13.2 Å². The van der Waals surface area contributed by atoms with Crippen molar-refractivity contribution in [3.8, 4) is 5.75 Å². The van der Waals surface area contributed by atoms with Gasteiger partial charge in [-0.1, -0.05) is 30.3 Å². The lowest BCUT2D eigenvalue weighted by molar-refractivity contribution is 0.107. The van der Waals surface area contributed by atoms with Crippen molar-refractivity contribution in [3.05, 3.63) is 64.1 Å². The van der Waals surface area contributed by atoms with E-state index in [4.69, 9.17) is 9.47 Å². The Bertz CT molecular complexity index is 570. The van der Waals surface area contributed by atoms with Crippen molar-refractivity contribution in [2.24, 2.45) is 0 Å². The van der Waals surface area contributed by atoms with Gasteiger partial charge in [0, 0.05) is 16.5 Å². The number of carbonyl (C=O) groups excluding carboxylic acids is 1. The maximum Gasteiger partial charge on any atom is 0.151 e. The predicted octanol–water partition coefficient (Wildman–Crippen LogP) is 4.25. The van der Waals surface area contributed by atoms with Crippen molar-refractivity contribution in [1.29, 1.82) is 0 Å². The summed E-state index contributed by atoms with van der Waals surface area (Å²) in [6, 6.07) is 15.4. The summed E-state index contributed by atoms with van der Waals surface area (Å²) >= 11 is 3.33. The highest BCUT2D eigenvalue weighted by Crippen LogP contribution is 2.21. The molecular weight excluding hydrogens is 332 g/mol. The molecule has 0 saturated heterocycles. The van der Waals surface area contributed by atoms with Crippen LogP contribution in [0.15, 0.2) is 53.0 Å². The van der Waals surface area contributed by atoms with Crippen LogP contribution >= 0.6 is 15.9 Å². The second kappa shape index (κ2) is 8.60. The molecule has 2 aromatic rings. The number of hydrogen-bond acceptors (Lipinski definition) is 3. The first-order valence-electron chi connectivity index (χ1n) is 6.79. The lowest BCUT2D eigenvalue weighted by Crippen LogP contribution is -2.03. The van der Waals surface area contributed by atoms with E-state index in [0.717, 1.165) is 22.9 Å². The monoisotopic (exact) mass is 348 g/mol. The summed E-state index contributed by atoms with van der Waals surface area (Å²) in [6.45, 7) is 1.87. The van der Waals surface area contributed by atoms with Crippen LogP contribution in [0, 0.1) is 0 Å². The fourth-order valence-electron chi connectivity index (χ4n) is 1.81. The van der Waals surface area contributed by atoms with Gasteiger partial charge in [-0.15, -0.1) is 0 Å².